The maximum absolute atomic E-state index is 5.67. The van der Waals surface area contributed by atoms with Crippen LogP contribution in [0.5, 0.6) is 0 Å². The summed E-state index contributed by atoms with van der Waals surface area (Å²) in [5, 5.41) is 0. The van der Waals surface area contributed by atoms with Crippen molar-refractivity contribution in [2.75, 3.05) is 11.5 Å². The summed E-state index contributed by atoms with van der Waals surface area (Å²) in [5.41, 5.74) is 4.54. The SMILES string of the molecule is CCCSCC(NN)C1=CCCCCCC1. The molecule has 1 unspecified atom stereocenters. The van der Waals surface area contributed by atoms with E-state index in [4.69, 9.17) is 5.84 Å². The average Bonchev–Trinajstić information content (AvgIpc) is 2.25. The molecule has 0 aromatic heterocycles. The molecule has 16 heavy (non-hydrogen) atoms. The Morgan fingerprint density at radius 3 is 2.94 bits per heavy atom. The Labute approximate surface area is 104 Å². The fourth-order valence-corrected chi connectivity index (χ4v) is 3.14. The summed E-state index contributed by atoms with van der Waals surface area (Å²) in [5.74, 6) is 8.03. The number of rotatable bonds is 6. The highest BCUT2D eigenvalue weighted by Crippen LogP contribution is 2.21. The largest absolute Gasteiger partial charge is 0.271 e. The molecule has 2 nitrogen and oxygen atoms in total. The van der Waals surface area contributed by atoms with Crippen molar-refractivity contribution in [1.29, 1.82) is 0 Å². The van der Waals surface area contributed by atoms with Crippen molar-refractivity contribution in [2.24, 2.45) is 5.84 Å². The third-order valence-corrected chi connectivity index (χ3v) is 4.37. The second-order valence-electron chi connectivity index (χ2n) is 4.53. The van der Waals surface area contributed by atoms with Crippen LogP contribution in [-0.2, 0) is 0 Å². The van der Waals surface area contributed by atoms with Crippen molar-refractivity contribution in [3.05, 3.63) is 11.6 Å². The molecule has 0 saturated heterocycles. The molecule has 0 aliphatic heterocycles. The maximum atomic E-state index is 5.67. The lowest BCUT2D eigenvalue weighted by Gasteiger charge is -2.21. The van der Waals surface area contributed by atoms with Gasteiger partial charge in [-0.05, 0) is 37.9 Å². The van der Waals surface area contributed by atoms with Gasteiger partial charge >= 0.3 is 0 Å². The summed E-state index contributed by atoms with van der Waals surface area (Å²) < 4.78 is 0. The van der Waals surface area contributed by atoms with Crippen LogP contribution in [0.1, 0.15) is 51.9 Å². The predicted octanol–water partition coefficient (Wildman–Crippen LogP) is 3.24. The van der Waals surface area contributed by atoms with Gasteiger partial charge < -0.3 is 0 Å². The fraction of sp³-hybridized carbons (Fsp3) is 0.846. The molecule has 1 rings (SSSR count). The third-order valence-electron chi connectivity index (χ3n) is 3.11. The topological polar surface area (TPSA) is 38.0 Å². The van der Waals surface area contributed by atoms with Crippen molar-refractivity contribution in [3.63, 3.8) is 0 Å². The van der Waals surface area contributed by atoms with Crippen LogP contribution in [0.25, 0.3) is 0 Å². The van der Waals surface area contributed by atoms with Crippen LogP contribution in [0.2, 0.25) is 0 Å². The van der Waals surface area contributed by atoms with E-state index in [1.54, 1.807) is 5.57 Å². The van der Waals surface area contributed by atoms with Gasteiger partial charge in [0.1, 0.15) is 0 Å². The highest BCUT2D eigenvalue weighted by Gasteiger charge is 2.13. The van der Waals surface area contributed by atoms with Gasteiger partial charge in [-0.2, -0.15) is 11.8 Å². The van der Waals surface area contributed by atoms with Gasteiger partial charge in [0.05, 0.1) is 6.04 Å². The van der Waals surface area contributed by atoms with Crippen LogP contribution in [0.4, 0.5) is 0 Å². The first kappa shape index (κ1) is 14.1. The van der Waals surface area contributed by atoms with Crippen LogP contribution in [0.3, 0.4) is 0 Å². The molecule has 3 N–H and O–H groups in total. The van der Waals surface area contributed by atoms with Gasteiger partial charge in [-0.15, -0.1) is 0 Å². The van der Waals surface area contributed by atoms with Gasteiger partial charge in [0.2, 0.25) is 0 Å². The third kappa shape index (κ3) is 5.37. The maximum Gasteiger partial charge on any atom is 0.0510 e. The van der Waals surface area contributed by atoms with Crippen LogP contribution in [0, 0.1) is 0 Å². The molecule has 0 aromatic rings. The quantitative estimate of drug-likeness (QED) is 0.325. The Kier molecular flexibility index (Phi) is 7.99. The molecule has 0 bridgehead atoms. The minimum atomic E-state index is 0.398. The van der Waals surface area contributed by atoms with E-state index in [0.717, 1.165) is 5.75 Å². The van der Waals surface area contributed by atoms with E-state index in [2.05, 4.69) is 18.4 Å². The minimum Gasteiger partial charge on any atom is -0.271 e. The molecule has 0 radical (unpaired) electrons. The van der Waals surface area contributed by atoms with Gasteiger partial charge in [0.25, 0.3) is 0 Å². The number of hydrogen-bond acceptors (Lipinski definition) is 3. The molecule has 0 aromatic carbocycles. The summed E-state index contributed by atoms with van der Waals surface area (Å²) in [4.78, 5) is 0. The Hall–Kier alpha value is 0.0100. The molecule has 1 atom stereocenters. The number of allylic oxidation sites excluding steroid dienone is 1. The molecule has 0 fully saturated rings. The number of thioether (sulfide) groups is 1. The molecule has 94 valence electrons. The summed E-state index contributed by atoms with van der Waals surface area (Å²) in [6.07, 6.45) is 11.6. The van der Waals surface area contributed by atoms with Crippen molar-refractivity contribution < 1.29 is 0 Å². The van der Waals surface area contributed by atoms with E-state index in [9.17, 15) is 0 Å². The molecule has 0 saturated carbocycles. The number of hydrazine groups is 1. The molecule has 0 amide bonds. The summed E-state index contributed by atoms with van der Waals surface area (Å²) in [6.45, 7) is 2.23. The Balaban J connectivity index is 2.41. The van der Waals surface area contributed by atoms with E-state index < -0.39 is 0 Å². The first-order valence-corrected chi connectivity index (χ1v) is 7.76. The smallest absolute Gasteiger partial charge is 0.0510 e. The molecule has 0 heterocycles. The van der Waals surface area contributed by atoms with E-state index in [1.165, 1.54) is 50.7 Å². The van der Waals surface area contributed by atoms with E-state index >= 15 is 0 Å². The standard InChI is InChI=1S/C13H26N2S/c1-2-10-16-11-13(15-14)12-8-6-4-3-5-7-9-12/h8,13,15H,2-7,9-11,14H2,1H3. The Morgan fingerprint density at radius 2 is 2.19 bits per heavy atom. The Bertz CT molecular complexity index is 204. The predicted molar refractivity (Wildman–Crippen MR) is 74.5 cm³/mol. The van der Waals surface area contributed by atoms with Crippen LogP contribution in [-0.4, -0.2) is 17.5 Å². The highest BCUT2D eigenvalue weighted by atomic mass is 32.2. The molecule has 1 aliphatic rings. The van der Waals surface area contributed by atoms with Crippen molar-refractivity contribution in [2.45, 2.75) is 57.9 Å². The summed E-state index contributed by atoms with van der Waals surface area (Å²) in [6, 6.07) is 0.398. The minimum absolute atomic E-state index is 0.398. The lowest BCUT2D eigenvalue weighted by atomic mass is 9.96. The fourth-order valence-electron chi connectivity index (χ4n) is 2.14. The lowest BCUT2D eigenvalue weighted by molar-refractivity contribution is 0.567. The van der Waals surface area contributed by atoms with Crippen molar-refractivity contribution >= 4 is 11.8 Å². The second-order valence-corrected chi connectivity index (χ2v) is 5.68. The van der Waals surface area contributed by atoms with Gasteiger partial charge in [0, 0.05) is 5.75 Å². The van der Waals surface area contributed by atoms with E-state index in [1.807, 2.05) is 11.8 Å². The number of hydrogen-bond donors (Lipinski definition) is 2. The van der Waals surface area contributed by atoms with Crippen LogP contribution < -0.4 is 11.3 Å². The first-order chi connectivity index (χ1) is 7.88. The number of nitrogens with one attached hydrogen (secondary N) is 1. The van der Waals surface area contributed by atoms with Gasteiger partial charge in [-0.3, -0.25) is 11.3 Å². The zero-order chi connectivity index (χ0) is 11.6. The molecular weight excluding hydrogens is 216 g/mol. The zero-order valence-electron chi connectivity index (χ0n) is 10.5. The average molecular weight is 242 g/mol. The van der Waals surface area contributed by atoms with Gasteiger partial charge in [0.15, 0.2) is 0 Å². The van der Waals surface area contributed by atoms with Gasteiger partial charge in [-0.25, -0.2) is 0 Å². The van der Waals surface area contributed by atoms with Gasteiger partial charge in [-0.1, -0.05) is 31.4 Å². The normalized spacial score (nSPS) is 19.8. The lowest BCUT2D eigenvalue weighted by Crippen LogP contribution is -2.38. The molecule has 0 spiro atoms. The molecule has 3 heteroatoms. The molecular formula is C13H26N2S. The highest BCUT2D eigenvalue weighted by molar-refractivity contribution is 7.99. The molecule has 1 aliphatic carbocycles. The summed E-state index contributed by atoms with van der Waals surface area (Å²) >= 11 is 2.01. The second kappa shape index (κ2) is 9.08. The monoisotopic (exact) mass is 242 g/mol. The summed E-state index contributed by atoms with van der Waals surface area (Å²) in [7, 11) is 0. The zero-order valence-corrected chi connectivity index (χ0v) is 11.3. The van der Waals surface area contributed by atoms with Crippen LogP contribution in [0.15, 0.2) is 11.6 Å². The first-order valence-electron chi connectivity index (χ1n) is 6.61. The Morgan fingerprint density at radius 1 is 1.38 bits per heavy atom. The number of nitrogens with two attached hydrogens (primary N) is 1. The van der Waals surface area contributed by atoms with E-state index in [0.29, 0.717) is 6.04 Å². The van der Waals surface area contributed by atoms with Crippen molar-refractivity contribution in [1.82, 2.24) is 5.43 Å². The van der Waals surface area contributed by atoms with Crippen molar-refractivity contribution in [3.8, 4) is 0 Å². The van der Waals surface area contributed by atoms with E-state index in [-0.39, 0.29) is 0 Å². The van der Waals surface area contributed by atoms with Crippen LogP contribution >= 0.6 is 11.8 Å².